The van der Waals surface area contributed by atoms with Gasteiger partial charge in [-0.05, 0) is 51.1 Å². The van der Waals surface area contributed by atoms with Crippen LogP contribution in [0.15, 0.2) is 24.3 Å². The van der Waals surface area contributed by atoms with Crippen LogP contribution >= 0.6 is 0 Å². The second-order valence-corrected chi connectivity index (χ2v) is 8.13. The first kappa shape index (κ1) is 20.5. The van der Waals surface area contributed by atoms with Crippen LogP contribution in [0.4, 0.5) is 0 Å². The van der Waals surface area contributed by atoms with Gasteiger partial charge >= 0.3 is 0 Å². The van der Waals surface area contributed by atoms with E-state index in [0.29, 0.717) is 23.5 Å². The Morgan fingerprint density at radius 3 is 2.43 bits per heavy atom. The van der Waals surface area contributed by atoms with Gasteiger partial charge in [0.15, 0.2) is 5.69 Å². The maximum atomic E-state index is 12.4. The maximum absolute atomic E-state index is 12.4. The Labute approximate surface area is 176 Å². The number of piperazine rings is 1. The molecule has 0 spiro atoms. The third-order valence-electron chi connectivity index (χ3n) is 5.71. The number of carbonyl (C=O) groups excluding carboxylic acids is 2. The van der Waals surface area contributed by atoms with Gasteiger partial charge in [0.2, 0.25) is 0 Å². The lowest BCUT2D eigenvalue weighted by Crippen LogP contribution is -2.46. The largest absolute Gasteiger partial charge is 0.351 e. The summed E-state index contributed by atoms with van der Waals surface area (Å²) in [6, 6.07) is 7.45. The minimum atomic E-state index is -0.183. The van der Waals surface area contributed by atoms with E-state index in [-0.39, 0.29) is 17.9 Å². The predicted molar refractivity (Wildman–Crippen MR) is 113 cm³/mol. The van der Waals surface area contributed by atoms with E-state index in [0.717, 1.165) is 51.3 Å². The zero-order chi connectivity index (χ0) is 21.1. The van der Waals surface area contributed by atoms with Gasteiger partial charge in [0.25, 0.3) is 11.8 Å². The smallest absolute Gasteiger partial charge is 0.273 e. The highest BCUT2D eigenvalue weighted by atomic mass is 16.2. The Kier molecular flexibility index (Phi) is 6.10. The molecule has 4 rings (SSSR count). The molecule has 2 heterocycles. The van der Waals surface area contributed by atoms with Crippen molar-refractivity contribution < 1.29 is 9.59 Å². The lowest BCUT2D eigenvalue weighted by atomic mass is 10.2. The van der Waals surface area contributed by atoms with Crippen LogP contribution in [0.5, 0.6) is 0 Å². The summed E-state index contributed by atoms with van der Waals surface area (Å²) in [5.41, 5.74) is 2.38. The number of nitrogens with zero attached hydrogens (tertiary/aromatic N) is 5. The molecule has 0 unspecified atom stereocenters. The van der Waals surface area contributed by atoms with E-state index < -0.39 is 0 Å². The number of hydrogen-bond donors (Lipinski definition) is 2. The fourth-order valence-corrected chi connectivity index (χ4v) is 3.52. The van der Waals surface area contributed by atoms with Gasteiger partial charge in [0.1, 0.15) is 0 Å². The molecular weight excluding hydrogens is 382 g/mol. The zero-order valence-corrected chi connectivity index (χ0v) is 17.6. The molecule has 1 aliphatic heterocycles. The zero-order valence-electron chi connectivity index (χ0n) is 17.6. The summed E-state index contributed by atoms with van der Waals surface area (Å²) in [6.07, 6.45) is 2.05. The molecule has 9 nitrogen and oxygen atoms in total. The van der Waals surface area contributed by atoms with E-state index >= 15 is 0 Å². The number of hydrogen-bond acceptors (Lipinski definition) is 6. The van der Waals surface area contributed by atoms with E-state index in [9.17, 15) is 9.59 Å². The molecule has 0 bridgehead atoms. The van der Waals surface area contributed by atoms with Gasteiger partial charge in [0.05, 0.1) is 11.4 Å². The average Bonchev–Trinajstić information content (AvgIpc) is 3.48. The number of rotatable bonds is 7. The monoisotopic (exact) mass is 411 g/mol. The molecule has 1 aromatic carbocycles. The van der Waals surface area contributed by atoms with Crippen molar-refractivity contribution in [3.05, 3.63) is 41.2 Å². The molecule has 2 aromatic rings. The molecule has 2 N–H and O–H groups in total. The maximum Gasteiger partial charge on any atom is 0.273 e. The van der Waals surface area contributed by atoms with Crippen molar-refractivity contribution in [2.75, 3.05) is 46.3 Å². The van der Waals surface area contributed by atoms with E-state index in [1.165, 1.54) is 0 Å². The van der Waals surface area contributed by atoms with Crippen LogP contribution in [-0.4, -0.2) is 89.0 Å². The van der Waals surface area contributed by atoms with Crippen LogP contribution in [0.2, 0.25) is 0 Å². The Balaban J connectivity index is 1.32. The summed E-state index contributed by atoms with van der Waals surface area (Å²) in [6.45, 7) is 7.54. The predicted octanol–water partition coefficient (Wildman–Crippen LogP) is 0.445. The van der Waals surface area contributed by atoms with E-state index in [1.54, 1.807) is 16.8 Å². The van der Waals surface area contributed by atoms with Gasteiger partial charge in [-0.2, -0.15) is 0 Å². The number of amides is 2. The van der Waals surface area contributed by atoms with Gasteiger partial charge in [0, 0.05) is 50.9 Å². The summed E-state index contributed by atoms with van der Waals surface area (Å²) in [4.78, 5) is 29.4. The van der Waals surface area contributed by atoms with Crippen LogP contribution in [0.3, 0.4) is 0 Å². The highest BCUT2D eigenvalue weighted by molar-refractivity contribution is 5.94. The second-order valence-electron chi connectivity index (χ2n) is 8.13. The van der Waals surface area contributed by atoms with Gasteiger partial charge in [-0.25, -0.2) is 4.68 Å². The Hall–Kier alpha value is -2.78. The first-order valence-electron chi connectivity index (χ1n) is 10.5. The van der Waals surface area contributed by atoms with Crippen LogP contribution < -0.4 is 10.6 Å². The first-order valence-corrected chi connectivity index (χ1v) is 10.5. The minimum Gasteiger partial charge on any atom is -0.351 e. The molecule has 1 aromatic heterocycles. The molecule has 2 fully saturated rings. The van der Waals surface area contributed by atoms with Crippen molar-refractivity contribution in [1.29, 1.82) is 0 Å². The van der Waals surface area contributed by atoms with Crippen LogP contribution in [0.25, 0.3) is 5.69 Å². The Morgan fingerprint density at radius 1 is 1.07 bits per heavy atom. The van der Waals surface area contributed by atoms with Crippen LogP contribution in [0.1, 0.15) is 39.4 Å². The van der Waals surface area contributed by atoms with Crippen LogP contribution in [-0.2, 0) is 0 Å². The minimum absolute atomic E-state index is 0.0875. The molecule has 0 atom stereocenters. The molecule has 9 heteroatoms. The molecule has 1 saturated carbocycles. The number of benzene rings is 1. The molecule has 1 saturated heterocycles. The SMILES string of the molecule is Cc1c(C(=O)NC2CC2)nnn1-c1ccc(C(=O)NCCN2CCN(C)CC2)cc1. The molecule has 160 valence electrons. The quantitative estimate of drug-likeness (QED) is 0.687. The lowest BCUT2D eigenvalue weighted by molar-refractivity contribution is 0.0935. The fourth-order valence-electron chi connectivity index (χ4n) is 3.52. The van der Waals surface area contributed by atoms with Gasteiger partial charge in [-0.1, -0.05) is 5.21 Å². The summed E-state index contributed by atoms with van der Waals surface area (Å²) in [5.74, 6) is -0.270. The van der Waals surface area contributed by atoms with E-state index in [4.69, 9.17) is 0 Å². The second kappa shape index (κ2) is 8.93. The van der Waals surface area contributed by atoms with Crippen molar-refractivity contribution in [2.24, 2.45) is 0 Å². The van der Waals surface area contributed by atoms with E-state index in [2.05, 4.69) is 37.8 Å². The highest BCUT2D eigenvalue weighted by Crippen LogP contribution is 2.20. The van der Waals surface area contributed by atoms with Crippen LogP contribution in [0, 0.1) is 6.92 Å². The topological polar surface area (TPSA) is 95.4 Å². The lowest BCUT2D eigenvalue weighted by Gasteiger charge is -2.32. The summed E-state index contributed by atoms with van der Waals surface area (Å²) in [7, 11) is 2.13. The molecule has 2 aliphatic rings. The Bertz CT molecular complexity index is 897. The molecular formula is C21H29N7O2. The normalized spacial score (nSPS) is 17.7. The van der Waals surface area contributed by atoms with Gasteiger partial charge in [-0.15, -0.1) is 5.10 Å². The fraction of sp³-hybridized carbons (Fsp3) is 0.524. The molecule has 0 radical (unpaired) electrons. The third-order valence-corrected chi connectivity index (χ3v) is 5.71. The summed E-state index contributed by atoms with van der Waals surface area (Å²) >= 11 is 0. The summed E-state index contributed by atoms with van der Waals surface area (Å²) < 4.78 is 1.62. The van der Waals surface area contributed by atoms with Crippen molar-refractivity contribution in [3.8, 4) is 5.69 Å². The van der Waals surface area contributed by atoms with Gasteiger partial charge < -0.3 is 15.5 Å². The van der Waals surface area contributed by atoms with Gasteiger partial charge in [-0.3, -0.25) is 14.5 Å². The number of likely N-dealkylation sites (N-methyl/N-ethyl adjacent to an activating group) is 1. The Morgan fingerprint density at radius 2 is 1.77 bits per heavy atom. The number of aromatic nitrogens is 3. The van der Waals surface area contributed by atoms with Crippen molar-refractivity contribution in [2.45, 2.75) is 25.8 Å². The average molecular weight is 412 g/mol. The van der Waals surface area contributed by atoms with E-state index in [1.807, 2.05) is 19.1 Å². The third kappa shape index (κ3) is 4.85. The number of nitrogens with one attached hydrogen (secondary N) is 2. The molecule has 1 aliphatic carbocycles. The molecule has 30 heavy (non-hydrogen) atoms. The standard InChI is InChI=1S/C21H29N7O2/c1-15-19(21(30)23-17-5-6-17)24-25-28(15)18-7-3-16(4-8-18)20(29)22-9-10-27-13-11-26(2)12-14-27/h3-4,7-8,17H,5-6,9-14H2,1-2H3,(H,22,29)(H,23,30). The summed E-state index contributed by atoms with van der Waals surface area (Å²) in [5, 5.41) is 14.1. The molecule has 2 amide bonds. The first-order chi connectivity index (χ1) is 14.5. The van der Waals surface area contributed by atoms with Crippen molar-refractivity contribution >= 4 is 11.8 Å². The highest BCUT2D eigenvalue weighted by Gasteiger charge is 2.26. The van der Waals surface area contributed by atoms with Crippen molar-refractivity contribution in [1.82, 2.24) is 35.4 Å². The van der Waals surface area contributed by atoms with Crippen molar-refractivity contribution in [3.63, 3.8) is 0 Å². The number of carbonyl (C=O) groups is 2.